The van der Waals surface area contributed by atoms with Crippen LogP contribution in [0.3, 0.4) is 0 Å². The summed E-state index contributed by atoms with van der Waals surface area (Å²) in [5.74, 6) is 0.479. The molecule has 0 aliphatic carbocycles. The van der Waals surface area contributed by atoms with Crippen molar-refractivity contribution >= 4 is 5.97 Å². The van der Waals surface area contributed by atoms with Gasteiger partial charge >= 0.3 is 5.97 Å². The SMILES string of the molecule is COc1cc(C(=O)O)ccc1-n1cnnc1C(C)C. The van der Waals surface area contributed by atoms with Crippen molar-refractivity contribution in [2.75, 3.05) is 7.11 Å². The van der Waals surface area contributed by atoms with Gasteiger partial charge in [0.05, 0.1) is 18.4 Å². The highest BCUT2D eigenvalue weighted by Crippen LogP contribution is 2.26. The normalized spacial score (nSPS) is 10.7. The smallest absolute Gasteiger partial charge is 0.335 e. The third-order valence-corrected chi connectivity index (χ3v) is 2.78. The first-order chi connectivity index (χ1) is 9.04. The van der Waals surface area contributed by atoms with E-state index in [9.17, 15) is 4.79 Å². The van der Waals surface area contributed by atoms with Gasteiger partial charge < -0.3 is 9.84 Å². The number of methoxy groups -OCH3 is 1. The summed E-state index contributed by atoms with van der Waals surface area (Å²) in [6.45, 7) is 4.03. The van der Waals surface area contributed by atoms with Crippen LogP contribution in [0.2, 0.25) is 0 Å². The van der Waals surface area contributed by atoms with E-state index in [0.29, 0.717) is 5.75 Å². The maximum absolute atomic E-state index is 11.0. The third kappa shape index (κ3) is 2.42. The Morgan fingerprint density at radius 1 is 1.42 bits per heavy atom. The number of carboxylic acids is 1. The molecule has 0 atom stereocenters. The predicted octanol–water partition coefficient (Wildman–Crippen LogP) is 2.10. The number of hydrogen-bond acceptors (Lipinski definition) is 4. The molecule has 19 heavy (non-hydrogen) atoms. The summed E-state index contributed by atoms with van der Waals surface area (Å²) in [7, 11) is 1.50. The lowest BCUT2D eigenvalue weighted by molar-refractivity contribution is 0.0696. The number of benzene rings is 1. The van der Waals surface area contributed by atoms with E-state index in [-0.39, 0.29) is 11.5 Å². The van der Waals surface area contributed by atoms with E-state index >= 15 is 0 Å². The highest BCUT2D eigenvalue weighted by molar-refractivity contribution is 5.88. The number of carbonyl (C=O) groups is 1. The van der Waals surface area contributed by atoms with Gasteiger partial charge in [-0.3, -0.25) is 4.57 Å². The Bertz CT molecular complexity index is 605. The molecule has 2 aromatic rings. The van der Waals surface area contributed by atoms with Crippen LogP contribution >= 0.6 is 0 Å². The molecular weight excluding hydrogens is 246 g/mol. The van der Waals surface area contributed by atoms with Crippen molar-refractivity contribution in [1.29, 1.82) is 0 Å². The average molecular weight is 261 g/mol. The molecule has 0 radical (unpaired) electrons. The number of aromatic carboxylic acids is 1. The van der Waals surface area contributed by atoms with Crippen molar-refractivity contribution in [2.45, 2.75) is 19.8 Å². The second-order valence-corrected chi connectivity index (χ2v) is 4.41. The third-order valence-electron chi connectivity index (χ3n) is 2.78. The van der Waals surface area contributed by atoms with E-state index in [2.05, 4.69) is 10.2 Å². The summed E-state index contributed by atoms with van der Waals surface area (Å²) in [6.07, 6.45) is 1.59. The molecule has 0 amide bonds. The lowest BCUT2D eigenvalue weighted by Crippen LogP contribution is -2.05. The summed E-state index contributed by atoms with van der Waals surface area (Å²) in [5, 5.41) is 16.9. The number of nitrogens with zero attached hydrogens (tertiary/aromatic N) is 3. The van der Waals surface area contributed by atoms with Gasteiger partial charge in [-0.25, -0.2) is 4.79 Å². The molecule has 1 aromatic carbocycles. The number of rotatable bonds is 4. The van der Waals surface area contributed by atoms with Crippen LogP contribution in [0.5, 0.6) is 5.75 Å². The predicted molar refractivity (Wildman–Crippen MR) is 69.0 cm³/mol. The van der Waals surface area contributed by atoms with Gasteiger partial charge in [0, 0.05) is 5.92 Å². The zero-order valence-corrected chi connectivity index (χ0v) is 11.0. The molecule has 1 N–H and O–H groups in total. The van der Waals surface area contributed by atoms with Crippen molar-refractivity contribution in [3.8, 4) is 11.4 Å². The Morgan fingerprint density at radius 3 is 2.74 bits per heavy atom. The molecule has 0 unspecified atom stereocenters. The van der Waals surface area contributed by atoms with Crippen LogP contribution in [0, 0.1) is 0 Å². The highest BCUT2D eigenvalue weighted by Gasteiger charge is 2.15. The molecule has 6 nitrogen and oxygen atoms in total. The molecule has 0 bridgehead atoms. The largest absolute Gasteiger partial charge is 0.495 e. The molecule has 0 fully saturated rings. The number of ether oxygens (including phenoxy) is 1. The highest BCUT2D eigenvalue weighted by atomic mass is 16.5. The zero-order valence-electron chi connectivity index (χ0n) is 11.0. The fraction of sp³-hybridized carbons (Fsp3) is 0.308. The molecule has 6 heteroatoms. The second-order valence-electron chi connectivity index (χ2n) is 4.41. The van der Waals surface area contributed by atoms with E-state index in [1.165, 1.54) is 19.2 Å². The van der Waals surface area contributed by atoms with Crippen LogP contribution in [0.15, 0.2) is 24.5 Å². The maximum Gasteiger partial charge on any atom is 0.335 e. The first-order valence-corrected chi connectivity index (χ1v) is 5.86. The Kier molecular flexibility index (Phi) is 3.50. The minimum Gasteiger partial charge on any atom is -0.495 e. The van der Waals surface area contributed by atoms with Gasteiger partial charge in [0.15, 0.2) is 0 Å². The average Bonchev–Trinajstić information content (AvgIpc) is 2.87. The van der Waals surface area contributed by atoms with Crippen molar-refractivity contribution in [3.63, 3.8) is 0 Å². The van der Waals surface area contributed by atoms with E-state index in [1.807, 2.05) is 13.8 Å². The Balaban J connectivity index is 2.56. The van der Waals surface area contributed by atoms with Gasteiger partial charge in [-0.05, 0) is 18.2 Å². The molecule has 2 rings (SSSR count). The lowest BCUT2D eigenvalue weighted by Gasteiger charge is -2.13. The maximum atomic E-state index is 11.0. The summed E-state index contributed by atoms with van der Waals surface area (Å²) >= 11 is 0. The van der Waals surface area contributed by atoms with Gasteiger partial charge in [-0.15, -0.1) is 10.2 Å². The van der Waals surface area contributed by atoms with E-state index in [4.69, 9.17) is 9.84 Å². The van der Waals surface area contributed by atoms with Gasteiger partial charge in [0.25, 0.3) is 0 Å². The van der Waals surface area contributed by atoms with E-state index in [0.717, 1.165) is 11.5 Å². The van der Waals surface area contributed by atoms with Gasteiger partial charge in [-0.1, -0.05) is 13.8 Å². The summed E-state index contributed by atoms with van der Waals surface area (Å²) in [5.41, 5.74) is 0.904. The van der Waals surface area contributed by atoms with Crippen LogP contribution in [0.25, 0.3) is 5.69 Å². The first kappa shape index (κ1) is 13.1. The first-order valence-electron chi connectivity index (χ1n) is 5.86. The lowest BCUT2D eigenvalue weighted by atomic mass is 10.1. The number of carboxylic acid groups (broad SMARTS) is 1. The summed E-state index contributed by atoms with van der Waals surface area (Å²) in [6, 6.07) is 4.71. The summed E-state index contributed by atoms with van der Waals surface area (Å²) in [4.78, 5) is 11.0. The molecule has 0 aliphatic heterocycles. The molecular formula is C13H15N3O3. The van der Waals surface area contributed by atoms with E-state index < -0.39 is 5.97 Å². The van der Waals surface area contributed by atoms with Gasteiger partial charge in [-0.2, -0.15) is 0 Å². The number of aromatic nitrogens is 3. The minimum atomic E-state index is -0.988. The van der Waals surface area contributed by atoms with E-state index in [1.54, 1.807) is 17.0 Å². The van der Waals surface area contributed by atoms with Crippen LogP contribution < -0.4 is 4.74 Å². The van der Waals surface area contributed by atoms with Gasteiger partial charge in [0.1, 0.15) is 17.9 Å². The van der Waals surface area contributed by atoms with Crippen LogP contribution in [0.1, 0.15) is 35.9 Å². The number of hydrogen-bond donors (Lipinski definition) is 1. The van der Waals surface area contributed by atoms with Crippen LogP contribution in [-0.4, -0.2) is 33.0 Å². The standard InChI is InChI=1S/C13H15N3O3/c1-8(2)12-15-14-7-16(12)10-5-4-9(13(17)18)6-11(10)19-3/h4-8H,1-3H3,(H,17,18). The monoisotopic (exact) mass is 261 g/mol. The molecule has 1 aromatic heterocycles. The Morgan fingerprint density at radius 2 is 2.16 bits per heavy atom. The van der Waals surface area contributed by atoms with Crippen molar-refractivity contribution in [3.05, 3.63) is 35.9 Å². The zero-order chi connectivity index (χ0) is 14.0. The fourth-order valence-electron chi connectivity index (χ4n) is 1.83. The molecule has 1 heterocycles. The quantitative estimate of drug-likeness (QED) is 0.911. The fourth-order valence-corrected chi connectivity index (χ4v) is 1.83. The van der Waals surface area contributed by atoms with Crippen molar-refractivity contribution in [1.82, 2.24) is 14.8 Å². The minimum absolute atomic E-state index is 0.180. The molecule has 0 saturated carbocycles. The second kappa shape index (κ2) is 5.09. The topological polar surface area (TPSA) is 77.2 Å². The van der Waals surface area contributed by atoms with Crippen molar-refractivity contribution < 1.29 is 14.6 Å². The van der Waals surface area contributed by atoms with Crippen molar-refractivity contribution in [2.24, 2.45) is 0 Å². The molecule has 0 saturated heterocycles. The molecule has 0 spiro atoms. The molecule has 0 aliphatic rings. The summed E-state index contributed by atoms with van der Waals surface area (Å²) < 4.78 is 7.06. The molecule has 100 valence electrons. The van der Waals surface area contributed by atoms with Gasteiger partial charge in [0.2, 0.25) is 0 Å². The van der Waals surface area contributed by atoms with Crippen LogP contribution in [0.4, 0.5) is 0 Å². The Labute approximate surface area is 110 Å². The van der Waals surface area contributed by atoms with Crippen LogP contribution in [-0.2, 0) is 0 Å². The Hall–Kier alpha value is -2.37.